The normalized spacial score (nSPS) is 23.0. The molecule has 1 saturated heterocycles. The van der Waals surface area contributed by atoms with Gasteiger partial charge in [-0.2, -0.15) is 0 Å². The number of aryl methyl sites for hydroxylation is 2. The maximum atomic E-state index is 6.05. The molecule has 2 aromatic heterocycles. The number of piperidine rings is 1. The third-order valence-corrected chi connectivity index (χ3v) is 6.01. The van der Waals surface area contributed by atoms with Crippen molar-refractivity contribution in [3.05, 3.63) is 16.8 Å². The van der Waals surface area contributed by atoms with Gasteiger partial charge in [-0.05, 0) is 38.2 Å². The smallest absolute Gasteiger partial charge is 0.141 e. The number of hydrogen-bond acceptors (Lipinski definition) is 5. The SMILES string of the molecule is CCC1CCN(c2ncnc3sc(C)c(C)c23)C(CN)C1. The quantitative estimate of drug-likeness (QED) is 0.945. The van der Waals surface area contributed by atoms with Gasteiger partial charge in [-0.1, -0.05) is 13.3 Å². The molecular weight excluding hydrogens is 280 g/mol. The monoisotopic (exact) mass is 304 g/mol. The summed E-state index contributed by atoms with van der Waals surface area (Å²) in [4.78, 5) is 13.9. The summed E-state index contributed by atoms with van der Waals surface area (Å²) in [6.07, 6.45) is 5.37. The van der Waals surface area contributed by atoms with E-state index in [0.29, 0.717) is 12.6 Å². The molecule has 0 bridgehead atoms. The van der Waals surface area contributed by atoms with Crippen LogP contribution in [0.2, 0.25) is 0 Å². The Morgan fingerprint density at radius 3 is 2.90 bits per heavy atom. The number of nitrogens with two attached hydrogens (primary N) is 1. The number of rotatable bonds is 3. The molecule has 3 heterocycles. The van der Waals surface area contributed by atoms with E-state index < -0.39 is 0 Å². The molecule has 1 aliphatic heterocycles. The van der Waals surface area contributed by atoms with Gasteiger partial charge in [0.1, 0.15) is 17.0 Å². The third kappa shape index (κ3) is 2.53. The van der Waals surface area contributed by atoms with E-state index in [2.05, 4.69) is 35.6 Å². The van der Waals surface area contributed by atoms with Crippen LogP contribution in [0, 0.1) is 19.8 Å². The van der Waals surface area contributed by atoms with Crippen LogP contribution in [0.3, 0.4) is 0 Å². The van der Waals surface area contributed by atoms with Gasteiger partial charge in [0.2, 0.25) is 0 Å². The van der Waals surface area contributed by atoms with Crippen LogP contribution in [-0.4, -0.2) is 29.1 Å². The number of aromatic nitrogens is 2. The maximum absolute atomic E-state index is 6.05. The highest BCUT2D eigenvalue weighted by Gasteiger charge is 2.29. The molecule has 0 spiro atoms. The van der Waals surface area contributed by atoms with Gasteiger partial charge >= 0.3 is 0 Å². The molecule has 1 aliphatic rings. The minimum atomic E-state index is 0.404. The summed E-state index contributed by atoms with van der Waals surface area (Å²) in [5.74, 6) is 1.89. The van der Waals surface area contributed by atoms with Gasteiger partial charge in [-0.15, -0.1) is 11.3 Å². The van der Waals surface area contributed by atoms with Crippen molar-refractivity contribution in [1.29, 1.82) is 0 Å². The molecule has 0 aromatic carbocycles. The Labute approximate surface area is 130 Å². The summed E-state index contributed by atoms with van der Waals surface area (Å²) in [6.45, 7) is 8.38. The summed E-state index contributed by atoms with van der Waals surface area (Å²) < 4.78 is 0. The molecule has 5 heteroatoms. The van der Waals surface area contributed by atoms with Gasteiger partial charge in [0.25, 0.3) is 0 Å². The topological polar surface area (TPSA) is 55.0 Å². The van der Waals surface area contributed by atoms with Crippen molar-refractivity contribution in [2.45, 2.75) is 46.1 Å². The fourth-order valence-electron chi connectivity index (χ4n) is 3.39. The van der Waals surface area contributed by atoms with Crippen LogP contribution in [0.25, 0.3) is 10.2 Å². The first-order chi connectivity index (χ1) is 10.2. The lowest BCUT2D eigenvalue weighted by atomic mass is 9.88. The van der Waals surface area contributed by atoms with E-state index in [4.69, 9.17) is 5.73 Å². The van der Waals surface area contributed by atoms with E-state index in [1.165, 1.54) is 35.1 Å². The van der Waals surface area contributed by atoms with Crippen molar-refractivity contribution in [2.24, 2.45) is 11.7 Å². The van der Waals surface area contributed by atoms with Crippen LogP contribution < -0.4 is 10.6 Å². The highest BCUT2D eigenvalue weighted by Crippen LogP contribution is 2.37. The molecule has 1 fully saturated rings. The zero-order chi connectivity index (χ0) is 15.0. The average Bonchev–Trinajstić information content (AvgIpc) is 2.81. The van der Waals surface area contributed by atoms with Crippen LogP contribution in [0.4, 0.5) is 5.82 Å². The first-order valence-electron chi connectivity index (χ1n) is 7.83. The molecule has 0 saturated carbocycles. The Morgan fingerprint density at radius 2 is 2.19 bits per heavy atom. The molecule has 0 radical (unpaired) electrons. The molecule has 4 nitrogen and oxygen atoms in total. The molecule has 114 valence electrons. The number of anilines is 1. The van der Waals surface area contributed by atoms with Crippen LogP contribution in [0.5, 0.6) is 0 Å². The molecular formula is C16H24N4S. The zero-order valence-electron chi connectivity index (χ0n) is 13.1. The largest absolute Gasteiger partial charge is 0.352 e. The zero-order valence-corrected chi connectivity index (χ0v) is 13.9. The van der Waals surface area contributed by atoms with Crippen LogP contribution in [0.1, 0.15) is 36.6 Å². The first-order valence-corrected chi connectivity index (χ1v) is 8.64. The molecule has 0 aliphatic carbocycles. The van der Waals surface area contributed by atoms with Gasteiger partial charge in [-0.3, -0.25) is 0 Å². The van der Waals surface area contributed by atoms with Crippen molar-refractivity contribution in [2.75, 3.05) is 18.0 Å². The van der Waals surface area contributed by atoms with E-state index in [9.17, 15) is 0 Å². The lowest BCUT2D eigenvalue weighted by molar-refractivity contribution is 0.335. The van der Waals surface area contributed by atoms with Crippen molar-refractivity contribution < 1.29 is 0 Å². The summed E-state index contributed by atoms with van der Waals surface area (Å²) in [5.41, 5.74) is 7.37. The van der Waals surface area contributed by atoms with Crippen LogP contribution in [-0.2, 0) is 0 Å². The number of hydrogen-bond donors (Lipinski definition) is 1. The van der Waals surface area contributed by atoms with Gasteiger partial charge in [-0.25, -0.2) is 9.97 Å². The van der Waals surface area contributed by atoms with E-state index in [0.717, 1.165) is 23.1 Å². The van der Waals surface area contributed by atoms with E-state index in [1.807, 2.05) is 0 Å². The minimum absolute atomic E-state index is 0.404. The first kappa shape index (κ1) is 14.7. The Hall–Kier alpha value is -1.20. The molecule has 3 rings (SSSR count). The Kier molecular flexibility index (Phi) is 4.13. The summed E-state index contributed by atoms with van der Waals surface area (Å²) in [5, 5.41) is 1.23. The van der Waals surface area contributed by atoms with E-state index >= 15 is 0 Å². The third-order valence-electron chi connectivity index (χ3n) is 4.89. The van der Waals surface area contributed by atoms with Crippen molar-refractivity contribution >= 4 is 27.4 Å². The van der Waals surface area contributed by atoms with E-state index in [1.54, 1.807) is 17.7 Å². The van der Waals surface area contributed by atoms with Gasteiger partial charge in [0.05, 0.1) is 5.39 Å². The summed E-state index contributed by atoms with van der Waals surface area (Å²) in [6, 6.07) is 0.404. The predicted molar refractivity (Wildman–Crippen MR) is 90.1 cm³/mol. The van der Waals surface area contributed by atoms with Crippen molar-refractivity contribution in [3.8, 4) is 0 Å². The number of nitrogens with zero attached hydrogens (tertiary/aromatic N) is 3. The lowest BCUT2D eigenvalue weighted by Gasteiger charge is -2.40. The Morgan fingerprint density at radius 1 is 1.38 bits per heavy atom. The fraction of sp³-hybridized carbons (Fsp3) is 0.625. The molecule has 2 unspecified atom stereocenters. The van der Waals surface area contributed by atoms with Gasteiger partial charge < -0.3 is 10.6 Å². The Bertz CT molecular complexity index is 636. The second-order valence-electron chi connectivity index (χ2n) is 6.04. The van der Waals surface area contributed by atoms with Crippen LogP contribution in [0.15, 0.2) is 6.33 Å². The highest BCUT2D eigenvalue weighted by atomic mass is 32.1. The average molecular weight is 304 g/mol. The van der Waals surface area contributed by atoms with Gasteiger partial charge in [0, 0.05) is 24.0 Å². The molecule has 2 N–H and O–H groups in total. The maximum Gasteiger partial charge on any atom is 0.141 e. The number of fused-ring (bicyclic) bond motifs is 1. The molecule has 2 aromatic rings. The highest BCUT2D eigenvalue weighted by molar-refractivity contribution is 7.18. The second-order valence-corrected chi connectivity index (χ2v) is 7.25. The van der Waals surface area contributed by atoms with Crippen molar-refractivity contribution in [1.82, 2.24) is 9.97 Å². The van der Waals surface area contributed by atoms with Crippen molar-refractivity contribution in [3.63, 3.8) is 0 Å². The standard InChI is InChI=1S/C16H24N4S/c1-4-12-5-6-20(13(7-12)8-17)15-14-10(2)11(3)21-16(14)19-9-18-15/h9,12-13H,4-8,17H2,1-3H3. The van der Waals surface area contributed by atoms with Crippen LogP contribution >= 0.6 is 11.3 Å². The number of thiophene rings is 1. The molecule has 21 heavy (non-hydrogen) atoms. The van der Waals surface area contributed by atoms with E-state index in [-0.39, 0.29) is 0 Å². The minimum Gasteiger partial charge on any atom is -0.352 e. The second kappa shape index (κ2) is 5.89. The summed E-state index contributed by atoms with van der Waals surface area (Å²) in [7, 11) is 0. The molecule has 2 atom stereocenters. The fourth-order valence-corrected chi connectivity index (χ4v) is 4.38. The predicted octanol–water partition coefficient (Wildman–Crippen LogP) is 3.26. The molecule has 0 amide bonds. The summed E-state index contributed by atoms with van der Waals surface area (Å²) >= 11 is 1.76. The van der Waals surface area contributed by atoms with Gasteiger partial charge in [0.15, 0.2) is 0 Å². The lowest BCUT2D eigenvalue weighted by Crippen LogP contribution is -2.47. The Balaban J connectivity index is 2.03.